The highest BCUT2D eigenvalue weighted by atomic mass is 16.5. The predicted molar refractivity (Wildman–Crippen MR) is 88.6 cm³/mol. The molecule has 0 spiro atoms. The molecule has 126 valence electrons. The van der Waals surface area contributed by atoms with Gasteiger partial charge in [-0.05, 0) is 37.5 Å². The minimum absolute atomic E-state index is 0.0220. The first-order chi connectivity index (χ1) is 11.7. The van der Waals surface area contributed by atoms with Crippen LogP contribution in [0.2, 0.25) is 0 Å². The third-order valence-corrected chi connectivity index (χ3v) is 4.33. The molecular formula is C18H21N3O3. The van der Waals surface area contributed by atoms with E-state index < -0.39 is 6.10 Å². The maximum absolute atomic E-state index is 12.1. The van der Waals surface area contributed by atoms with E-state index >= 15 is 0 Å². The van der Waals surface area contributed by atoms with Gasteiger partial charge in [-0.25, -0.2) is 0 Å². The van der Waals surface area contributed by atoms with Crippen molar-refractivity contribution in [2.75, 3.05) is 6.54 Å². The average molecular weight is 327 g/mol. The molecule has 1 aliphatic rings. The van der Waals surface area contributed by atoms with Crippen molar-refractivity contribution in [3.63, 3.8) is 0 Å². The van der Waals surface area contributed by atoms with E-state index in [2.05, 4.69) is 15.5 Å². The van der Waals surface area contributed by atoms with Gasteiger partial charge in [-0.1, -0.05) is 18.2 Å². The molecule has 0 aliphatic heterocycles. The molecule has 0 bridgehead atoms. The molecular weight excluding hydrogens is 306 g/mol. The van der Waals surface area contributed by atoms with Gasteiger partial charge in [-0.2, -0.15) is 10.2 Å². The maximum atomic E-state index is 12.1. The zero-order valence-corrected chi connectivity index (χ0v) is 13.3. The number of aromatic nitrogens is 2. The number of aliphatic hydroxyl groups is 1. The van der Waals surface area contributed by atoms with E-state index in [0.29, 0.717) is 12.1 Å². The number of para-hydroxylation sites is 1. The summed E-state index contributed by atoms with van der Waals surface area (Å²) in [7, 11) is 0. The third-order valence-electron chi connectivity index (χ3n) is 4.33. The van der Waals surface area contributed by atoms with E-state index in [0.717, 1.165) is 25.0 Å². The second kappa shape index (κ2) is 7.88. The van der Waals surface area contributed by atoms with Crippen LogP contribution in [0.25, 0.3) is 0 Å². The molecule has 3 atom stereocenters. The van der Waals surface area contributed by atoms with Crippen LogP contribution in [-0.2, 0) is 0 Å². The van der Waals surface area contributed by atoms with Crippen LogP contribution >= 0.6 is 0 Å². The van der Waals surface area contributed by atoms with Crippen LogP contribution in [-0.4, -0.2) is 40.0 Å². The van der Waals surface area contributed by atoms with Crippen molar-refractivity contribution in [3.05, 3.63) is 54.4 Å². The van der Waals surface area contributed by atoms with Crippen LogP contribution < -0.4 is 10.1 Å². The Bertz CT molecular complexity index is 651. The van der Waals surface area contributed by atoms with Gasteiger partial charge in [0, 0.05) is 12.5 Å². The number of carbonyl (C=O) groups is 1. The van der Waals surface area contributed by atoms with Crippen LogP contribution in [0.1, 0.15) is 29.6 Å². The fraction of sp³-hybridized carbons (Fsp3) is 0.389. The Kier molecular flexibility index (Phi) is 5.38. The number of nitrogens with zero attached hydrogens (tertiary/aromatic N) is 2. The van der Waals surface area contributed by atoms with Crippen LogP contribution in [0.5, 0.6) is 5.75 Å². The van der Waals surface area contributed by atoms with Crippen molar-refractivity contribution in [2.45, 2.75) is 31.5 Å². The molecule has 1 aliphatic carbocycles. The van der Waals surface area contributed by atoms with Gasteiger partial charge in [-0.15, -0.1) is 0 Å². The first kappa shape index (κ1) is 16.4. The summed E-state index contributed by atoms with van der Waals surface area (Å²) in [6.45, 7) is 0.414. The summed E-state index contributed by atoms with van der Waals surface area (Å²) in [5, 5.41) is 20.8. The molecule has 1 aromatic carbocycles. The summed E-state index contributed by atoms with van der Waals surface area (Å²) < 4.78 is 5.91. The number of ether oxygens (including phenoxy) is 1. The summed E-state index contributed by atoms with van der Waals surface area (Å²) in [4.78, 5) is 12.1. The second-order valence-corrected chi connectivity index (χ2v) is 5.99. The van der Waals surface area contributed by atoms with Crippen LogP contribution in [0.4, 0.5) is 0 Å². The Morgan fingerprint density at radius 1 is 1.21 bits per heavy atom. The van der Waals surface area contributed by atoms with Gasteiger partial charge < -0.3 is 15.2 Å². The molecule has 2 aromatic rings. The SMILES string of the molecule is O=C(NC[C@H]1CCC[C@@H](Oc2ccccc2)[C@@H]1O)c1ccnnc1. The summed E-state index contributed by atoms with van der Waals surface area (Å²) in [5.74, 6) is 0.531. The summed E-state index contributed by atoms with van der Waals surface area (Å²) in [6, 6.07) is 11.1. The zero-order chi connectivity index (χ0) is 16.8. The van der Waals surface area contributed by atoms with Gasteiger partial charge in [-0.3, -0.25) is 4.79 Å². The van der Waals surface area contributed by atoms with Gasteiger partial charge in [0.15, 0.2) is 0 Å². The molecule has 6 heteroatoms. The lowest BCUT2D eigenvalue weighted by Crippen LogP contribution is -2.45. The molecule has 1 heterocycles. The van der Waals surface area contributed by atoms with Crippen LogP contribution in [0, 0.1) is 5.92 Å². The van der Waals surface area contributed by atoms with Gasteiger partial charge in [0.1, 0.15) is 11.9 Å². The molecule has 1 saturated carbocycles. The number of aliphatic hydroxyl groups excluding tert-OH is 1. The van der Waals surface area contributed by atoms with E-state index in [4.69, 9.17) is 4.74 Å². The molecule has 0 unspecified atom stereocenters. The quantitative estimate of drug-likeness (QED) is 0.875. The fourth-order valence-corrected chi connectivity index (χ4v) is 3.00. The average Bonchev–Trinajstić information content (AvgIpc) is 2.64. The molecule has 1 aromatic heterocycles. The van der Waals surface area contributed by atoms with Crippen LogP contribution in [0.15, 0.2) is 48.8 Å². The first-order valence-corrected chi connectivity index (χ1v) is 8.18. The fourth-order valence-electron chi connectivity index (χ4n) is 3.00. The number of nitrogens with one attached hydrogen (secondary N) is 1. The topological polar surface area (TPSA) is 84.3 Å². The summed E-state index contributed by atoms with van der Waals surface area (Å²) in [6.07, 6.45) is 4.70. The Balaban J connectivity index is 1.55. The highest BCUT2D eigenvalue weighted by molar-refractivity contribution is 5.93. The number of hydrogen-bond acceptors (Lipinski definition) is 5. The van der Waals surface area contributed by atoms with E-state index in [1.807, 2.05) is 30.3 Å². The molecule has 1 fully saturated rings. The Hall–Kier alpha value is -2.47. The second-order valence-electron chi connectivity index (χ2n) is 5.99. The van der Waals surface area contributed by atoms with Gasteiger partial charge in [0.25, 0.3) is 5.91 Å². The molecule has 1 amide bonds. The van der Waals surface area contributed by atoms with Crippen molar-refractivity contribution in [2.24, 2.45) is 5.92 Å². The number of hydrogen-bond donors (Lipinski definition) is 2. The van der Waals surface area contributed by atoms with E-state index in [1.165, 1.54) is 12.4 Å². The highest BCUT2D eigenvalue weighted by Gasteiger charge is 2.33. The van der Waals surface area contributed by atoms with Crippen molar-refractivity contribution in [1.82, 2.24) is 15.5 Å². The Morgan fingerprint density at radius 2 is 2.04 bits per heavy atom. The highest BCUT2D eigenvalue weighted by Crippen LogP contribution is 2.28. The normalized spacial score (nSPS) is 23.5. The van der Waals surface area contributed by atoms with E-state index in [9.17, 15) is 9.90 Å². The molecule has 3 rings (SSSR count). The minimum atomic E-state index is -0.602. The zero-order valence-electron chi connectivity index (χ0n) is 13.3. The van der Waals surface area contributed by atoms with Crippen molar-refractivity contribution >= 4 is 5.91 Å². The lowest BCUT2D eigenvalue weighted by Gasteiger charge is -2.35. The van der Waals surface area contributed by atoms with Crippen molar-refractivity contribution < 1.29 is 14.6 Å². The smallest absolute Gasteiger partial charge is 0.252 e. The van der Waals surface area contributed by atoms with Crippen molar-refractivity contribution in [1.29, 1.82) is 0 Å². The number of amides is 1. The largest absolute Gasteiger partial charge is 0.488 e. The van der Waals surface area contributed by atoms with Gasteiger partial charge in [0.05, 0.1) is 24.1 Å². The maximum Gasteiger partial charge on any atom is 0.252 e. The van der Waals surface area contributed by atoms with Gasteiger partial charge >= 0.3 is 0 Å². The summed E-state index contributed by atoms with van der Waals surface area (Å²) in [5.41, 5.74) is 0.465. The first-order valence-electron chi connectivity index (χ1n) is 8.18. The predicted octanol–water partition coefficient (Wildman–Crippen LogP) is 1.81. The van der Waals surface area contributed by atoms with Crippen LogP contribution in [0.3, 0.4) is 0 Å². The molecule has 2 N–H and O–H groups in total. The number of carbonyl (C=O) groups excluding carboxylic acids is 1. The van der Waals surface area contributed by atoms with Crippen molar-refractivity contribution in [3.8, 4) is 5.75 Å². The van der Waals surface area contributed by atoms with Gasteiger partial charge in [0.2, 0.25) is 0 Å². The Morgan fingerprint density at radius 3 is 2.79 bits per heavy atom. The summed E-state index contributed by atoms with van der Waals surface area (Å²) >= 11 is 0. The molecule has 6 nitrogen and oxygen atoms in total. The number of rotatable bonds is 5. The van der Waals surface area contributed by atoms with E-state index in [1.54, 1.807) is 6.07 Å². The monoisotopic (exact) mass is 327 g/mol. The van der Waals surface area contributed by atoms with E-state index in [-0.39, 0.29) is 17.9 Å². The number of benzene rings is 1. The molecule has 0 radical (unpaired) electrons. The minimum Gasteiger partial charge on any atom is -0.488 e. The third kappa shape index (κ3) is 4.08. The standard InChI is InChI=1S/C18H21N3O3/c22-17-13(11-19-18(23)14-9-10-20-21-12-14)5-4-8-16(17)24-15-6-2-1-3-7-15/h1-3,6-7,9-10,12-13,16-17,22H,4-5,8,11H2,(H,19,23)/t13-,16-,17-/m1/s1. The molecule has 0 saturated heterocycles. The lowest BCUT2D eigenvalue weighted by atomic mass is 9.84. The molecule has 24 heavy (non-hydrogen) atoms. The Labute approximate surface area is 140 Å². The lowest BCUT2D eigenvalue weighted by molar-refractivity contribution is -0.0301.